The normalized spacial score (nSPS) is 17.7. The monoisotopic (exact) mass is 218 g/mol. The molecule has 0 aromatic carbocycles. The van der Waals surface area contributed by atoms with Crippen LogP contribution in [0.2, 0.25) is 0 Å². The summed E-state index contributed by atoms with van der Waals surface area (Å²) in [5.41, 5.74) is 0. The Kier molecular flexibility index (Phi) is 8.67. The van der Waals surface area contributed by atoms with Gasteiger partial charge in [0.25, 0.3) is 0 Å². The maximum atomic E-state index is 11.8. The van der Waals surface area contributed by atoms with Crippen molar-refractivity contribution in [3.8, 4) is 0 Å². The second-order valence-corrected chi connectivity index (χ2v) is 6.63. The van der Waals surface area contributed by atoms with Crippen LogP contribution in [0.15, 0.2) is 0 Å². The Labute approximate surface area is 90.5 Å². The Bertz CT molecular complexity index is 140. The van der Waals surface area contributed by atoms with E-state index >= 15 is 0 Å². The molecule has 0 saturated heterocycles. The second kappa shape index (κ2) is 8.53. The van der Waals surface area contributed by atoms with Crippen LogP contribution >= 0.6 is 7.80 Å². The molecule has 2 heteroatoms. The maximum Gasteiger partial charge on any atom is 0.0767 e. The first-order valence-corrected chi connectivity index (χ1v) is 7.94. The lowest BCUT2D eigenvalue weighted by Crippen LogP contribution is -2.03. The molecule has 0 aromatic heterocycles. The Morgan fingerprint density at radius 2 is 1.29 bits per heavy atom. The van der Waals surface area contributed by atoms with Gasteiger partial charge in [0.15, 0.2) is 0 Å². The minimum Gasteiger partial charge on any atom is -0.327 e. The highest BCUT2D eigenvalue weighted by Crippen LogP contribution is 2.29. The molecule has 0 bridgehead atoms. The van der Waals surface area contributed by atoms with E-state index in [2.05, 4.69) is 27.7 Å². The molecule has 0 spiro atoms. The number of hydrogen-bond acceptors (Lipinski definition) is 1. The van der Waals surface area contributed by atoms with Crippen molar-refractivity contribution in [2.75, 3.05) is 12.3 Å². The van der Waals surface area contributed by atoms with Gasteiger partial charge in [0.2, 0.25) is 0 Å². The molecule has 0 N–H and O–H groups in total. The van der Waals surface area contributed by atoms with Crippen molar-refractivity contribution in [1.82, 2.24) is 0 Å². The third-order valence-corrected chi connectivity index (χ3v) is 5.02. The molecule has 14 heavy (non-hydrogen) atoms. The Balaban J connectivity index is 3.63. The van der Waals surface area contributed by atoms with Gasteiger partial charge in [0.05, 0.1) is 7.80 Å². The lowest BCUT2D eigenvalue weighted by atomic mass is 10.1. The van der Waals surface area contributed by atoms with Crippen LogP contribution in [0, 0.1) is 11.8 Å². The summed E-state index contributed by atoms with van der Waals surface area (Å²) in [6.07, 6.45) is 6.87. The van der Waals surface area contributed by atoms with Crippen LogP contribution in [-0.2, 0) is 4.57 Å². The van der Waals surface area contributed by atoms with Crippen molar-refractivity contribution in [2.45, 2.75) is 53.4 Å². The van der Waals surface area contributed by atoms with Crippen LogP contribution in [-0.4, -0.2) is 12.3 Å². The summed E-state index contributed by atoms with van der Waals surface area (Å²) >= 11 is 0. The molecular weight excluding hydrogens is 191 g/mol. The van der Waals surface area contributed by atoms with Gasteiger partial charge >= 0.3 is 0 Å². The summed E-state index contributed by atoms with van der Waals surface area (Å²) in [6, 6.07) is 0. The predicted molar refractivity (Wildman–Crippen MR) is 66.9 cm³/mol. The first-order chi connectivity index (χ1) is 6.60. The number of rotatable bonds is 8. The molecular formula is C12H27OP. The average Bonchev–Trinajstić information content (AvgIpc) is 2.03. The molecule has 0 rings (SSSR count). The fraction of sp³-hybridized carbons (Fsp3) is 1.00. The standard InChI is InChI=1S/C12H27OP/c1-5-7-11(3)9-14(13)10-12(4)8-6-2/h11-12,14H,5-10H2,1-4H3. The maximum absolute atomic E-state index is 11.8. The second-order valence-electron chi connectivity index (χ2n) is 4.73. The molecule has 0 radical (unpaired) electrons. The molecule has 2 unspecified atom stereocenters. The molecule has 0 aromatic rings. The largest absolute Gasteiger partial charge is 0.327 e. The lowest BCUT2D eigenvalue weighted by molar-refractivity contribution is 0.530. The van der Waals surface area contributed by atoms with E-state index in [-0.39, 0.29) is 0 Å². The van der Waals surface area contributed by atoms with Crippen molar-refractivity contribution < 1.29 is 4.57 Å². The highest BCUT2D eigenvalue weighted by atomic mass is 31.1. The molecule has 86 valence electrons. The predicted octanol–water partition coefficient (Wildman–Crippen LogP) is 4.42. The van der Waals surface area contributed by atoms with Gasteiger partial charge in [0, 0.05) is 12.3 Å². The zero-order valence-corrected chi connectivity index (χ0v) is 11.3. The molecule has 2 atom stereocenters. The third kappa shape index (κ3) is 7.62. The lowest BCUT2D eigenvalue weighted by Gasteiger charge is -2.13. The Hall–Kier alpha value is 0.230. The van der Waals surface area contributed by atoms with E-state index in [1.165, 1.54) is 25.7 Å². The third-order valence-electron chi connectivity index (χ3n) is 2.72. The van der Waals surface area contributed by atoms with E-state index in [0.29, 0.717) is 11.8 Å². The molecule has 0 amide bonds. The molecule has 0 aliphatic carbocycles. The van der Waals surface area contributed by atoms with Gasteiger partial charge in [-0.25, -0.2) is 0 Å². The molecule has 0 aliphatic heterocycles. The first kappa shape index (κ1) is 14.2. The van der Waals surface area contributed by atoms with Gasteiger partial charge < -0.3 is 4.57 Å². The highest BCUT2D eigenvalue weighted by molar-refractivity contribution is 7.44. The van der Waals surface area contributed by atoms with Crippen LogP contribution in [0.5, 0.6) is 0 Å². The summed E-state index contributed by atoms with van der Waals surface area (Å²) in [5, 5.41) is 0. The van der Waals surface area contributed by atoms with E-state index in [0.717, 1.165) is 12.3 Å². The van der Waals surface area contributed by atoms with Gasteiger partial charge in [-0.1, -0.05) is 53.4 Å². The van der Waals surface area contributed by atoms with Crippen molar-refractivity contribution in [3.63, 3.8) is 0 Å². The van der Waals surface area contributed by atoms with E-state index in [1.807, 2.05) is 0 Å². The Morgan fingerprint density at radius 3 is 1.57 bits per heavy atom. The molecule has 1 nitrogen and oxygen atoms in total. The van der Waals surface area contributed by atoms with Crippen LogP contribution in [0.4, 0.5) is 0 Å². The minimum atomic E-state index is -1.28. The molecule has 0 heterocycles. The van der Waals surface area contributed by atoms with Crippen LogP contribution in [0.1, 0.15) is 53.4 Å². The zero-order chi connectivity index (χ0) is 11.0. The van der Waals surface area contributed by atoms with Gasteiger partial charge in [0.1, 0.15) is 0 Å². The quantitative estimate of drug-likeness (QED) is 0.551. The van der Waals surface area contributed by atoms with Gasteiger partial charge in [-0.2, -0.15) is 0 Å². The summed E-state index contributed by atoms with van der Waals surface area (Å²) in [5.74, 6) is 1.33. The summed E-state index contributed by atoms with van der Waals surface area (Å²) in [7, 11) is -1.28. The van der Waals surface area contributed by atoms with Crippen molar-refractivity contribution in [1.29, 1.82) is 0 Å². The van der Waals surface area contributed by atoms with Crippen LogP contribution in [0.3, 0.4) is 0 Å². The van der Waals surface area contributed by atoms with E-state index in [9.17, 15) is 4.57 Å². The van der Waals surface area contributed by atoms with Crippen LogP contribution < -0.4 is 0 Å². The van der Waals surface area contributed by atoms with Crippen molar-refractivity contribution in [2.24, 2.45) is 11.8 Å². The smallest absolute Gasteiger partial charge is 0.0767 e. The van der Waals surface area contributed by atoms with E-state index in [1.54, 1.807) is 0 Å². The Morgan fingerprint density at radius 1 is 0.929 bits per heavy atom. The molecule has 0 saturated carbocycles. The number of hydrogen-bond donors (Lipinski definition) is 0. The molecule has 0 aliphatic rings. The van der Waals surface area contributed by atoms with Gasteiger partial charge in [-0.3, -0.25) is 0 Å². The van der Waals surface area contributed by atoms with Crippen molar-refractivity contribution >= 4 is 7.80 Å². The zero-order valence-electron chi connectivity index (χ0n) is 10.3. The fourth-order valence-corrected chi connectivity index (χ4v) is 4.18. The van der Waals surface area contributed by atoms with E-state index in [4.69, 9.17) is 0 Å². The summed E-state index contributed by atoms with van der Waals surface area (Å²) in [4.78, 5) is 0. The average molecular weight is 218 g/mol. The van der Waals surface area contributed by atoms with Gasteiger partial charge in [-0.05, 0) is 11.8 Å². The van der Waals surface area contributed by atoms with Gasteiger partial charge in [-0.15, -0.1) is 0 Å². The summed E-state index contributed by atoms with van der Waals surface area (Å²) < 4.78 is 11.8. The van der Waals surface area contributed by atoms with Crippen LogP contribution in [0.25, 0.3) is 0 Å². The first-order valence-electron chi connectivity index (χ1n) is 6.11. The SMILES string of the molecule is CCCC(C)C[PH](=O)CC(C)CCC. The fourth-order valence-electron chi connectivity index (χ4n) is 2.05. The summed E-state index contributed by atoms with van der Waals surface area (Å²) in [6.45, 7) is 8.87. The molecule has 0 fully saturated rings. The topological polar surface area (TPSA) is 17.1 Å². The minimum absolute atomic E-state index is 0.667. The van der Waals surface area contributed by atoms with E-state index < -0.39 is 7.80 Å². The van der Waals surface area contributed by atoms with Crippen molar-refractivity contribution in [3.05, 3.63) is 0 Å². The highest BCUT2D eigenvalue weighted by Gasteiger charge is 2.10.